The van der Waals surface area contributed by atoms with Crippen molar-refractivity contribution in [3.05, 3.63) is 57.6 Å². The molecule has 2 amide bonds. The number of nitrogens with one attached hydrogen (secondary N) is 2. The van der Waals surface area contributed by atoms with Crippen LogP contribution in [-0.4, -0.2) is 40.7 Å². The van der Waals surface area contributed by atoms with Gasteiger partial charge in [0.15, 0.2) is 0 Å². The van der Waals surface area contributed by atoms with E-state index in [1.807, 2.05) is 12.1 Å². The molecule has 2 aliphatic heterocycles. The zero-order chi connectivity index (χ0) is 22.6. The van der Waals surface area contributed by atoms with Crippen molar-refractivity contribution in [2.75, 3.05) is 24.5 Å². The number of anilines is 1. The van der Waals surface area contributed by atoms with Gasteiger partial charge in [0, 0.05) is 30.2 Å². The summed E-state index contributed by atoms with van der Waals surface area (Å²) in [6.07, 6.45) is 5.42. The van der Waals surface area contributed by atoms with E-state index in [0.29, 0.717) is 22.5 Å². The molecule has 2 fully saturated rings. The van der Waals surface area contributed by atoms with Crippen molar-refractivity contribution >= 4 is 46.3 Å². The Morgan fingerprint density at radius 2 is 2.09 bits per heavy atom. The highest BCUT2D eigenvalue weighted by molar-refractivity contribution is 8.18. The Labute approximate surface area is 199 Å². The zero-order valence-corrected chi connectivity index (χ0v) is 19.5. The smallest absolute Gasteiger partial charge is 0.290 e. The van der Waals surface area contributed by atoms with Crippen molar-refractivity contribution in [1.29, 1.82) is 0 Å². The van der Waals surface area contributed by atoms with Crippen LogP contribution in [0, 0.1) is 5.92 Å². The van der Waals surface area contributed by atoms with Crippen LogP contribution in [0.1, 0.15) is 24.3 Å². The van der Waals surface area contributed by atoms with E-state index in [4.69, 9.17) is 4.42 Å². The van der Waals surface area contributed by atoms with E-state index in [-0.39, 0.29) is 11.1 Å². The molecule has 2 N–H and O–H groups in total. The second-order valence-corrected chi connectivity index (χ2v) is 9.77. The second-order valence-electron chi connectivity index (χ2n) is 7.97. The molecule has 0 aromatic carbocycles. The summed E-state index contributed by atoms with van der Waals surface area (Å²) >= 11 is 2.56. The maximum absolute atomic E-state index is 11.8. The third-order valence-electron chi connectivity index (χ3n) is 5.68. The van der Waals surface area contributed by atoms with Gasteiger partial charge >= 0.3 is 0 Å². The maximum Gasteiger partial charge on any atom is 0.290 e. The van der Waals surface area contributed by atoms with Gasteiger partial charge in [0.1, 0.15) is 11.5 Å². The molecule has 0 unspecified atom stereocenters. The highest BCUT2D eigenvalue weighted by atomic mass is 32.2. The van der Waals surface area contributed by atoms with Crippen LogP contribution >= 0.6 is 23.1 Å². The number of hydrogen-bond donors (Lipinski definition) is 2. The third kappa shape index (κ3) is 5.35. The SMILES string of the molecule is O=C1NC(=O)C(=Cc2ccnc(N3CCC(CNCc4ccc(-c5ccsc5)o4)CC3)n2)S1. The highest BCUT2D eigenvalue weighted by Gasteiger charge is 2.25. The summed E-state index contributed by atoms with van der Waals surface area (Å²) < 4.78 is 5.93. The highest BCUT2D eigenvalue weighted by Crippen LogP contribution is 2.27. The minimum atomic E-state index is -0.379. The lowest BCUT2D eigenvalue weighted by molar-refractivity contribution is -0.115. The minimum Gasteiger partial charge on any atom is -0.460 e. The quantitative estimate of drug-likeness (QED) is 0.486. The molecule has 3 aromatic heterocycles. The van der Waals surface area contributed by atoms with E-state index < -0.39 is 0 Å². The molecule has 0 atom stereocenters. The van der Waals surface area contributed by atoms with Crippen LogP contribution in [-0.2, 0) is 11.3 Å². The Morgan fingerprint density at radius 3 is 2.85 bits per heavy atom. The summed E-state index contributed by atoms with van der Waals surface area (Å²) in [5, 5.41) is 9.57. The molecule has 0 aliphatic carbocycles. The van der Waals surface area contributed by atoms with Crippen LogP contribution in [0.15, 0.2) is 50.5 Å². The molecule has 3 aromatic rings. The van der Waals surface area contributed by atoms with E-state index >= 15 is 0 Å². The van der Waals surface area contributed by atoms with E-state index in [2.05, 4.69) is 42.3 Å². The average molecular weight is 482 g/mol. The van der Waals surface area contributed by atoms with Gasteiger partial charge in [-0.1, -0.05) is 0 Å². The topological polar surface area (TPSA) is 100 Å². The Balaban J connectivity index is 1.10. The number of furan rings is 1. The number of amides is 2. The minimum absolute atomic E-state index is 0.355. The molecule has 0 bridgehead atoms. The first-order chi connectivity index (χ1) is 16.1. The van der Waals surface area contributed by atoms with Gasteiger partial charge in [0.2, 0.25) is 5.95 Å². The van der Waals surface area contributed by atoms with Crippen molar-refractivity contribution < 1.29 is 14.0 Å². The first kappa shape index (κ1) is 21.9. The summed E-state index contributed by atoms with van der Waals surface area (Å²) in [7, 11) is 0. The van der Waals surface area contributed by atoms with Gasteiger partial charge in [-0.05, 0) is 72.8 Å². The van der Waals surface area contributed by atoms with Gasteiger partial charge in [-0.3, -0.25) is 14.9 Å². The fraction of sp³-hybridized carbons (Fsp3) is 0.304. The van der Waals surface area contributed by atoms with E-state index in [9.17, 15) is 9.59 Å². The molecule has 10 heteroatoms. The van der Waals surface area contributed by atoms with Crippen LogP contribution in [0.25, 0.3) is 17.4 Å². The Hall–Kier alpha value is -2.95. The van der Waals surface area contributed by atoms with Gasteiger partial charge < -0.3 is 14.6 Å². The van der Waals surface area contributed by atoms with E-state index in [0.717, 1.165) is 67.9 Å². The van der Waals surface area contributed by atoms with Gasteiger partial charge in [0.25, 0.3) is 11.1 Å². The Bertz CT molecular complexity index is 1170. The molecule has 5 rings (SSSR count). The Morgan fingerprint density at radius 1 is 1.21 bits per heavy atom. The summed E-state index contributed by atoms with van der Waals surface area (Å²) in [4.78, 5) is 34.6. The molecular formula is C23H23N5O3S2. The molecular weight excluding hydrogens is 458 g/mol. The Kier molecular flexibility index (Phi) is 6.56. The average Bonchev–Trinajstić information content (AvgIpc) is 3.57. The number of imide groups is 1. The number of rotatable bonds is 7. The van der Waals surface area contributed by atoms with Crippen LogP contribution < -0.4 is 15.5 Å². The third-order valence-corrected chi connectivity index (χ3v) is 7.18. The summed E-state index contributed by atoms with van der Waals surface area (Å²) in [6.45, 7) is 3.42. The first-order valence-electron chi connectivity index (χ1n) is 10.8. The van der Waals surface area contributed by atoms with Crippen molar-refractivity contribution in [2.24, 2.45) is 5.92 Å². The molecule has 2 aliphatic rings. The van der Waals surface area contributed by atoms with Crippen molar-refractivity contribution in [2.45, 2.75) is 19.4 Å². The lowest BCUT2D eigenvalue weighted by atomic mass is 9.97. The van der Waals surface area contributed by atoms with Gasteiger partial charge in [-0.25, -0.2) is 9.97 Å². The van der Waals surface area contributed by atoms with Crippen LogP contribution in [0.4, 0.5) is 10.7 Å². The zero-order valence-electron chi connectivity index (χ0n) is 17.8. The summed E-state index contributed by atoms with van der Waals surface area (Å²) in [5.74, 6) is 2.72. The summed E-state index contributed by atoms with van der Waals surface area (Å²) in [5.41, 5.74) is 1.75. The predicted octanol–water partition coefficient (Wildman–Crippen LogP) is 4.13. The number of aromatic nitrogens is 2. The standard InChI is InChI=1S/C23H23N5O3S2/c29-21-20(33-23(30)27-21)11-17-3-7-25-22(26-17)28-8-4-15(5-9-28)12-24-13-18-1-2-19(31-18)16-6-10-32-14-16/h1-3,6-7,10-11,14-15,24H,4-5,8-9,12-13H2,(H,27,29,30). The molecule has 5 heterocycles. The predicted molar refractivity (Wildman–Crippen MR) is 130 cm³/mol. The van der Waals surface area contributed by atoms with Crippen molar-refractivity contribution in [3.8, 4) is 11.3 Å². The molecule has 33 heavy (non-hydrogen) atoms. The molecule has 0 spiro atoms. The fourth-order valence-corrected chi connectivity index (χ4v) is 5.23. The molecule has 2 saturated heterocycles. The first-order valence-corrected chi connectivity index (χ1v) is 12.5. The largest absolute Gasteiger partial charge is 0.460 e. The molecule has 0 radical (unpaired) electrons. The monoisotopic (exact) mass is 481 g/mol. The number of nitrogens with zero attached hydrogens (tertiary/aromatic N) is 3. The number of carbonyl (C=O) groups excluding carboxylic acids is 2. The van der Waals surface area contributed by atoms with Crippen LogP contribution in [0.3, 0.4) is 0 Å². The van der Waals surface area contributed by atoms with Crippen molar-refractivity contribution in [1.82, 2.24) is 20.6 Å². The molecule has 0 saturated carbocycles. The number of thioether (sulfide) groups is 1. The van der Waals surface area contributed by atoms with Crippen LogP contribution in [0.2, 0.25) is 0 Å². The number of thiophene rings is 1. The normalized spacial score (nSPS) is 18.3. The molecule has 170 valence electrons. The second kappa shape index (κ2) is 9.90. The van der Waals surface area contributed by atoms with Gasteiger partial charge in [-0.15, -0.1) is 0 Å². The number of hydrogen-bond acceptors (Lipinski definition) is 9. The van der Waals surface area contributed by atoms with Crippen LogP contribution in [0.5, 0.6) is 0 Å². The van der Waals surface area contributed by atoms with Crippen molar-refractivity contribution in [3.63, 3.8) is 0 Å². The van der Waals surface area contributed by atoms with E-state index in [1.54, 1.807) is 29.7 Å². The van der Waals surface area contributed by atoms with Gasteiger partial charge in [0.05, 0.1) is 17.1 Å². The maximum atomic E-state index is 11.8. The lowest BCUT2D eigenvalue weighted by Gasteiger charge is -2.32. The summed E-state index contributed by atoms with van der Waals surface area (Å²) in [6, 6.07) is 7.86. The molecule has 8 nitrogen and oxygen atoms in total. The number of piperidine rings is 1. The van der Waals surface area contributed by atoms with E-state index in [1.165, 1.54) is 0 Å². The lowest BCUT2D eigenvalue weighted by Crippen LogP contribution is -2.38. The van der Waals surface area contributed by atoms with Gasteiger partial charge in [-0.2, -0.15) is 11.3 Å². The fourth-order valence-electron chi connectivity index (χ4n) is 3.92. The number of carbonyl (C=O) groups is 2.